The molecular formula is C10H18Cl2O2Si. The SMILES string of the molecule is C[SiH](C)OC1(C(C)(C)C)CC(=O)C1(Cl)Cl. The van der Waals surface area contributed by atoms with Crippen molar-refractivity contribution in [1.82, 2.24) is 0 Å². The summed E-state index contributed by atoms with van der Waals surface area (Å²) in [6.45, 7) is 10.1. The van der Waals surface area contributed by atoms with Crippen LogP contribution in [0.5, 0.6) is 0 Å². The van der Waals surface area contributed by atoms with Crippen LogP contribution in [0, 0.1) is 5.41 Å². The molecule has 88 valence electrons. The maximum absolute atomic E-state index is 11.5. The van der Waals surface area contributed by atoms with E-state index >= 15 is 0 Å². The van der Waals surface area contributed by atoms with Crippen molar-refractivity contribution in [3.63, 3.8) is 0 Å². The Hall–Kier alpha value is 0.427. The summed E-state index contributed by atoms with van der Waals surface area (Å²) in [6, 6.07) is 0. The van der Waals surface area contributed by atoms with Gasteiger partial charge in [0.1, 0.15) is 5.60 Å². The van der Waals surface area contributed by atoms with Gasteiger partial charge < -0.3 is 4.43 Å². The molecule has 1 aliphatic rings. The van der Waals surface area contributed by atoms with Gasteiger partial charge >= 0.3 is 0 Å². The van der Waals surface area contributed by atoms with E-state index in [2.05, 4.69) is 13.1 Å². The molecule has 2 nitrogen and oxygen atoms in total. The second kappa shape index (κ2) is 3.72. The highest BCUT2D eigenvalue weighted by Crippen LogP contribution is 2.58. The minimum atomic E-state index is -1.37. The van der Waals surface area contributed by atoms with Gasteiger partial charge in [-0.25, -0.2) is 0 Å². The van der Waals surface area contributed by atoms with E-state index in [-0.39, 0.29) is 11.2 Å². The summed E-state index contributed by atoms with van der Waals surface area (Å²) in [5, 5.41) is 0. The summed E-state index contributed by atoms with van der Waals surface area (Å²) in [7, 11) is -1.29. The predicted octanol–water partition coefficient (Wildman–Crippen LogP) is 2.92. The molecule has 0 bridgehead atoms. The van der Waals surface area contributed by atoms with E-state index in [4.69, 9.17) is 27.6 Å². The van der Waals surface area contributed by atoms with Crippen molar-refractivity contribution < 1.29 is 9.22 Å². The molecule has 0 spiro atoms. The smallest absolute Gasteiger partial charge is 0.204 e. The molecule has 0 saturated heterocycles. The van der Waals surface area contributed by atoms with E-state index in [9.17, 15) is 4.79 Å². The zero-order chi connectivity index (χ0) is 12.1. The van der Waals surface area contributed by atoms with E-state index in [0.29, 0.717) is 6.42 Å². The fourth-order valence-corrected chi connectivity index (χ4v) is 4.49. The third kappa shape index (κ3) is 1.88. The first-order chi connectivity index (χ1) is 6.54. The highest BCUT2D eigenvalue weighted by molar-refractivity contribution is 6.62. The van der Waals surface area contributed by atoms with Crippen molar-refractivity contribution in [2.75, 3.05) is 0 Å². The molecule has 0 aliphatic heterocycles. The molecular weight excluding hydrogens is 251 g/mol. The number of hydrogen-bond acceptors (Lipinski definition) is 2. The molecule has 1 fully saturated rings. The summed E-state index contributed by atoms with van der Waals surface area (Å²) in [5.74, 6) is -0.129. The molecule has 1 aliphatic carbocycles. The van der Waals surface area contributed by atoms with Gasteiger partial charge in [-0.3, -0.25) is 4.79 Å². The average Bonchev–Trinajstić information content (AvgIpc) is 2.00. The first-order valence-electron chi connectivity index (χ1n) is 5.13. The van der Waals surface area contributed by atoms with Gasteiger partial charge in [0.25, 0.3) is 0 Å². The van der Waals surface area contributed by atoms with Crippen LogP contribution >= 0.6 is 23.2 Å². The van der Waals surface area contributed by atoms with Crippen LogP contribution in [0.1, 0.15) is 27.2 Å². The van der Waals surface area contributed by atoms with Crippen LogP contribution in [0.4, 0.5) is 0 Å². The molecule has 5 heteroatoms. The Morgan fingerprint density at radius 1 is 1.33 bits per heavy atom. The van der Waals surface area contributed by atoms with Crippen LogP contribution in [0.2, 0.25) is 13.1 Å². The quantitative estimate of drug-likeness (QED) is 0.569. The highest BCUT2D eigenvalue weighted by Gasteiger charge is 2.70. The first-order valence-corrected chi connectivity index (χ1v) is 8.67. The van der Waals surface area contributed by atoms with E-state index in [0.717, 1.165) is 0 Å². The molecule has 1 unspecified atom stereocenters. The number of carbonyl (C=O) groups excluding carboxylic acids is 1. The van der Waals surface area contributed by atoms with Crippen molar-refractivity contribution in [3.8, 4) is 0 Å². The molecule has 0 N–H and O–H groups in total. The Kier molecular flexibility index (Phi) is 3.35. The number of carbonyl (C=O) groups is 1. The molecule has 1 saturated carbocycles. The zero-order valence-electron chi connectivity index (χ0n) is 9.86. The fraction of sp³-hybridized carbons (Fsp3) is 0.900. The van der Waals surface area contributed by atoms with Gasteiger partial charge in [0.15, 0.2) is 14.8 Å². The summed E-state index contributed by atoms with van der Waals surface area (Å²) >= 11 is 12.2. The van der Waals surface area contributed by atoms with Gasteiger partial charge in [0.05, 0.1) is 0 Å². The number of ketones is 1. The summed E-state index contributed by atoms with van der Waals surface area (Å²) < 4.78 is 4.61. The van der Waals surface area contributed by atoms with Gasteiger partial charge in [0.2, 0.25) is 4.33 Å². The second-order valence-electron chi connectivity index (χ2n) is 5.42. The lowest BCUT2D eigenvalue weighted by Crippen LogP contribution is -2.71. The number of Topliss-reactive ketones (excluding diaryl/α,β-unsaturated/α-hetero) is 1. The third-order valence-corrected chi connectivity index (χ3v) is 4.82. The van der Waals surface area contributed by atoms with Crippen molar-refractivity contribution in [2.24, 2.45) is 5.41 Å². The number of rotatable bonds is 2. The van der Waals surface area contributed by atoms with Crippen LogP contribution in [0.15, 0.2) is 0 Å². The predicted molar refractivity (Wildman–Crippen MR) is 66.2 cm³/mol. The van der Waals surface area contributed by atoms with E-state index < -0.39 is 19.0 Å². The van der Waals surface area contributed by atoms with Crippen LogP contribution in [-0.4, -0.2) is 24.8 Å². The van der Waals surface area contributed by atoms with Crippen molar-refractivity contribution >= 4 is 38.0 Å². The molecule has 0 aromatic carbocycles. The first kappa shape index (κ1) is 13.5. The maximum atomic E-state index is 11.5. The minimum absolute atomic E-state index is 0.129. The molecule has 0 radical (unpaired) electrons. The normalized spacial score (nSPS) is 30.5. The zero-order valence-corrected chi connectivity index (χ0v) is 12.5. The molecule has 0 aromatic rings. The summed E-state index contributed by atoms with van der Waals surface area (Å²) in [6.07, 6.45) is 0.328. The third-order valence-electron chi connectivity index (χ3n) is 2.92. The Balaban J connectivity index is 3.07. The average molecular weight is 269 g/mol. The number of alkyl halides is 2. The lowest BCUT2D eigenvalue weighted by Gasteiger charge is -2.58. The van der Waals surface area contributed by atoms with Gasteiger partial charge in [0, 0.05) is 6.42 Å². The number of hydrogen-bond donors (Lipinski definition) is 0. The molecule has 0 amide bonds. The van der Waals surface area contributed by atoms with Crippen molar-refractivity contribution in [2.45, 2.75) is 50.2 Å². The Morgan fingerprint density at radius 3 is 2.00 bits per heavy atom. The van der Waals surface area contributed by atoms with Crippen LogP contribution in [0.25, 0.3) is 0 Å². The maximum Gasteiger partial charge on any atom is 0.204 e. The van der Waals surface area contributed by atoms with E-state index in [1.165, 1.54) is 0 Å². The Morgan fingerprint density at radius 2 is 1.80 bits per heavy atom. The van der Waals surface area contributed by atoms with Gasteiger partial charge in [-0.1, -0.05) is 44.0 Å². The van der Waals surface area contributed by atoms with Crippen LogP contribution in [-0.2, 0) is 9.22 Å². The molecule has 1 atom stereocenters. The number of halogens is 2. The summed E-state index contributed by atoms with van der Waals surface area (Å²) in [5.41, 5.74) is -0.942. The Labute approximate surface area is 103 Å². The van der Waals surface area contributed by atoms with Crippen molar-refractivity contribution in [3.05, 3.63) is 0 Å². The molecule has 15 heavy (non-hydrogen) atoms. The lowest BCUT2D eigenvalue weighted by molar-refractivity contribution is -0.156. The topological polar surface area (TPSA) is 26.3 Å². The second-order valence-corrected chi connectivity index (χ2v) is 9.08. The lowest BCUT2D eigenvalue weighted by atomic mass is 9.62. The monoisotopic (exact) mass is 268 g/mol. The van der Waals surface area contributed by atoms with Gasteiger partial charge in [-0.2, -0.15) is 0 Å². The van der Waals surface area contributed by atoms with E-state index in [1.54, 1.807) is 0 Å². The standard InChI is InChI=1S/C10H18Cl2O2Si/c1-8(2,3)9(14-15(4)5)6-7(13)10(9,11)12/h15H,6H2,1-5H3. The Bertz CT molecular complexity index is 284. The molecule has 0 heterocycles. The van der Waals surface area contributed by atoms with E-state index in [1.807, 2.05) is 20.8 Å². The van der Waals surface area contributed by atoms with Crippen molar-refractivity contribution in [1.29, 1.82) is 0 Å². The molecule has 1 rings (SSSR count). The van der Waals surface area contributed by atoms with Crippen LogP contribution < -0.4 is 0 Å². The van der Waals surface area contributed by atoms with Gasteiger partial charge in [-0.05, 0) is 18.5 Å². The molecule has 0 aromatic heterocycles. The van der Waals surface area contributed by atoms with Gasteiger partial charge in [-0.15, -0.1) is 0 Å². The van der Waals surface area contributed by atoms with Crippen LogP contribution in [0.3, 0.4) is 0 Å². The summed E-state index contributed by atoms with van der Waals surface area (Å²) in [4.78, 5) is 11.5. The largest absolute Gasteiger partial charge is 0.411 e. The highest BCUT2D eigenvalue weighted by atomic mass is 35.5. The minimum Gasteiger partial charge on any atom is -0.411 e. The fourth-order valence-electron chi connectivity index (χ4n) is 2.00.